The molecular formula is C24H40BaO7S. The summed E-state index contributed by atoms with van der Waals surface area (Å²) in [7, 11) is -4.63. The molecule has 0 heterocycles. The number of esters is 2. The normalized spacial score (nSPS) is 13.0. The Hall–Kier alpha value is -0.359. The summed E-state index contributed by atoms with van der Waals surface area (Å²) >= 11 is 0. The van der Waals surface area contributed by atoms with Crippen molar-refractivity contribution in [1.82, 2.24) is 0 Å². The fraction of sp³-hybridized carbons (Fsp3) is 0.667. The second-order valence-corrected chi connectivity index (χ2v) is 9.67. The number of benzene rings is 1. The Morgan fingerprint density at radius 2 is 1.24 bits per heavy atom. The zero-order valence-electron chi connectivity index (χ0n) is 22.5. The molecule has 0 saturated heterocycles. The molecule has 0 aliphatic heterocycles. The van der Waals surface area contributed by atoms with E-state index in [-0.39, 0.29) is 87.9 Å². The Morgan fingerprint density at radius 3 is 1.55 bits per heavy atom. The smallest absolute Gasteiger partial charge is 1.00 e. The number of ether oxygens (including phenoxy) is 2. The van der Waals surface area contributed by atoms with Gasteiger partial charge in [-0.25, -0.2) is 9.59 Å². The Balaban J connectivity index is -0.00000341. The van der Waals surface area contributed by atoms with Crippen molar-refractivity contribution in [3.8, 4) is 0 Å². The maximum Gasteiger partial charge on any atom is 2.00 e. The maximum atomic E-state index is 12.6. The van der Waals surface area contributed by atoms with E-state index in [1.807, 2.05) is 13.8 Å². The van der Waals surface area contributed by atoms with E-state index >= 15 is 0 Å². The molecule has 0 radical (unpaired) electrons. The van der Waals surface area contributed by atoms with Gasteiger partial charge in [0.05, 0.1) is 29.2 Å². The number of hydrogen-bond donors (Lipinski definition) is 1. The van der Waals surface area contributed by atoms with Crippen LogP contribution in [0.25, 0.3) is 0 Å². The van der Waals surface area contributed by atoms with Gasteiger partial charge in [0.2, 0.25) is 0 Å². The summed E-state index contributed by atoms with van der Waals surface area (Å²) in [5.41, 5.74) is -0.231. The fourth-order valence-electron chi connectivity index (χ4n) is 3.33. The predicted molar refractivity (Wildman–Crippen MR) is 131 cm³/mol. The van der Waals surface area contributed by atoms with Gasteiger partial charge in [0.1, 0.15) is 0 Å². The van der Waals surface area contributed by atoms with E-state index in [1.165, 1.54) is 6.07 Å². The van der Waals surface area contributed by atoms with E-state index in [1.54, 1.807) is 0 Å². The monoisotopic (exact) mass is 610 g/mol. The molecule has 1 rings (SSSR count). The quantitative estimate of drug-likeness (QED) is 0.158. The largest absolute Gasteiger partial charge is 2.00 e. The maximum absolute atomic E-state index is 12.6. The van der Waals surface area contributed by atoms with Crippen molar-refractivity contribution >= 4 is 70.9 Å². The third-order valence-electron chi connectivity index (χ3n) is 5.66. The minimum absolute atomic E-state index is 0. The molecule has 0 amide bonds. The molecule has 186 valence electrons. The van der Waals surface area contributed by atoms with Crippen LogP contribution in [0.1, 0.15) is 103 Å². The molecule has 9 heteroatoms. The average molecular weight is 610 g/mol. The van der Waals surface area contributed by atoms with Gasteiger partial charge < -0.3 is 12.3 Å². The zero-order valence-corrected chi connectivity index (χ0v) is 25.7. The summed E-state index contributed by atoms with van der Waals surface area (Å²) in [5, 5.41) is 0. The molecule has 1 aromatic rings. The summed E-state index contributed by atoms with van der Waals surface area (Å²) in [4.78, 5) is 24.6. The SMILES string of the molecule is CCCCC(CC)COC(=O)c1cc(C(=O)OCC(CC)CCCC)cc(S(=O)(=O)O)c1.[Ba+2].[H-].[H-]. The predicted octanol–water partition coefficient (Wildman–Crippen LogP) is 5.52. The van der Waals surface area contributed by atoms with Crippen LogP contribution in [-0.4, -0.2) is 87.0 Å². The first kappa shape index (κ1) is 32.6. The Bertz CT molecular complexity index is 800. The van der Waals surface area contributed by atoms with Crippen LogP contribution in [0.2, 0.25) is 0 Å². The molecule has 7 nitrogen and oxygen atoms in total. The molecule has 0 aromatic heterocycles. The first-order valence-electron chi connectivity index (χ1n) is 11.6. The molecule has 0 saturated carbocycles. The number of hydrogen-bond acceptors (Lipinski definition) is 6. The van der Waals surface area contributed by atoms with E-state index < -0.39 is 27.0 Å². The van der Waals surface area contributed by atoms with Crippen molar-refractivity contribution in [2.24, 2.45) is 11.8 Å². The third kappa shape index (κ3) is 12.2. The van der Waals surface area contributed by atoms with Gasteiger partial charge in [0, 0.05) is 0 Å². The van der Waals surface area contributed by atoms with Crippen molar-refractivity contribution in [3.05, 3.63) is 29.3 Å². The van der Waals surface area contributed by atoms with Crippen LogP contribution in [0.3, 0.4) is 0 Å². The van der Waals surface area contributed by atoms with Crippen LogP contribution in [0.5, 0.6) is 0 Å². The molecule has 1 N–H and O–H groups in total. The van der Waals surface area contributed by atoms with E-state index in [4.69, 9.17) is 9.47 Å². The first-order chi connectivity index (χ1) is 15.2. The van der Waals surface area contributed by atoms with Crippen molar-refractivity contribution in [2.75, 3.05) is 13.2 Å². The standard InChI is InChI=1S/C24H38O7S.Ba.2H/c1-5-9-11-18(7-3)16-30-23(25)20-13-21(15-22(14-20)32(27,28)29)24(26)31-17-19(8-4)12-10-6-2;;;/h13-15,18-19H,5-12,16-17H2,1-4H3,(H,27,28,29);;;/q;+2;2*-1. The minimum Gasteiger partial charge on any atom is -1.00 e. The summed E-state index contributed by atoms with van der Waals surface area (Å²) < 4.78 is 43.6. The summed E-state index contributed by atoms with van der Waals surface area (Å²) in [6, 6.07) is 3.27. The van der Waals surface area contributed by atoms with Crippen LogP contribution >= 0.6 is 0 Å². The molecular weight excluding hydrogens is 570 g/mol. The van der Waals surface area contributed by atoms with E-state index in [0.29, 0.717) is 0 Å². The Labute approximate surface area is 242 Å². The van der Waals surface area contributed by atoms with Gasteiger partial charge in [-0.3, -0.25) is 4.55 Å². The average Bonchev–Trinajstić information content (AvgIpc) is 2.78. The molecule has 0 aliphatic carbocycles. The first-order valence-corrected chi connectivity index (χ1v) is 13.1. The van der Waals surface area contributed by atoms with Crippen LogP contribution in [0.15, 0.2) is 23.1 Å². The zero-order chi connectivity index (χ0) is 24.1. The van der Waals surface area contributed by atoms with E-state index in [9.17, 15) is 22.6 Å². The van der Waals surface area contributed by atoms with Gasteiger partial charge in [-0.05, 0) is 42.9 Å². The van der Waals surface area contributed by atoms with Crippen LogP contribution in [0, 0.1) is 11.8 Å². The van der Waals surface area contributed by atoms with Gasteiger partial charge in [0.25, 0.3) is 10.1 Å². The van der Waals surface area contributed by atoms with Crippen LogP contribution in [-0.2, 0) is 19.6 Å². The topological polar surface area (TPSA) is 107 Å². The fourth-order valence-corrected chi connectivity index (χ4v) is 3.89. The number of unbranched alkanes of at least 4 members (excludes halogenated alkanes) is 2. The summed E-state index contributed by atoms with van der Waals surface area (Å²) in [6.07, 6.45) is 7.72. The molecule has 1 aromatic carbocycles. The van der Waals surface area contributed by atoms with Crippen LogP contribution < -0.4 is 0 Å². The van der Waals surface area contributed by atoms with Gasteiger partial charge in [-0.2, -0.15) is 8.42 Å². The molecule has 0 bridgehead atoms. The van der Waals surface area contributed by atoms with Crippen molar-refractivity contribution in [2.45, 2.75) is 84.0 Å². The molecule has 0 aliphatic rings. The Kier molecular flexibility index (Phi) is 16.9. The molecule has 2 unspecified atom stereocenters. The van der Waals surface area contributed by atoms with Crippen molar-refractivity contribution in [3.63, 3.8) is 0 Å². The molecule has 33 heavy (non-hydrogen) atoms. The third-order valence-corrected chi connectivity index (χ3v) is 6.49. The minimum atomic E-state index is -4.63. The summed E-state index contributed by atoms with van der Waals surface area (Å²) in [6.45, 7) is 8.64. The van der Waals surface area contributed by atoms with Crippen molar-refractivity contribution < 1.29 is 34.9 Å². The van der Waals surface area contributed by atoms with Crippen molar-refractivity contribution in [1.29, 1.82) is 0 Å². The summed E-state index contributed by atoms with van der Waals surface area (Å²) in [5.74, 6) is -1.06. The number of carbonyl (C=O) groups excluding carboxylic acids is 2. The van der Waals surface area contributed by atoms with Gasteiger partial charge in [-0.15, -0.1) is 0 Å². The van der Waals surface area contributed by atoms with Gasteiger partial charge >= 0.3 is 60.8 Å². The van der Waals surface area contributed by atoms with Gasteiger partial charge in [0.15, 0.2) is 0 Å². The molecule has 2 atom stereocenters. The number of rotatable bonds is 15. The van der Waals surface area contributed by atoms with Gasteiger partial charge in [-0.1, -0.05) is 66.2 Å². The van der Waals surface area contributed by atoms with E-state index in [2.05, 4.69) is 13.8 Å². The molecule has 0 spiro atoms. The second kappa shape index (κ2) is 17.1. The van der Waals surface area contributed by atoms with E-state index in [0.717, 1.165) is 63.5 Å². The Morgan fingerprint density at radius 1 is 0.848 bits per heavy atom. The van der Waals surface area contributed by atoms with Crippen LogP contribution in [0.4, 0.5) is 0 Å². The number of carbonyl (C=O) groups is 2. The molecule has 0 fully saturated rings. The second-order valence-electron chi connectivity index (χ2n) is 8.25.